The average Bonchev–Trinajstić information content (AvgIpc) is 3.08. The van der Waals surface area contributed by atoms with Gasteiger partial charge in [-0.05, 0) is 24.8 Å². The van der Waals surface area contributed by atoms with Gasteiger partial charge in [-0.15, -0.1) is 5.10 Å². The van der Waals surface area contributed by atoms with Crippen molar-refractivity contribution < 1.29 is 4.74 Å². The molecule has 1 aromatic carbocycles. The fraction of sp³-hybridized carbons (Fsp3) is 0.438. The van der Waals surface area contributed by atoms with Gasteiger partial charge in [-0.25, -0.2) is 0 Å². The molecule has 2 aromatic rings. The highest BCUT2D eigenvalue weighted by atomic mass is 16.5. The van der Waals surface area contributed by atoms with Gasteiger partial charge in [-0.3, -0.25) is 0 Å². The summed E-state index contributed by atoms with van der Waals surface area (Å²) < 4.78 is 5.56. The molecule has 22 heavy (non-hydrogen) atoms. The molecule has 116 valence electrons. The molecule has 1 aliphatic rings. The van der Waals surface area contributed by atoms with Gasteiger partial charge in [0.2, 0.25) is 5.95 Å². The minimum Gasteiger partial charge on any atom is -0.376 e. The van der Waals surface area contributed by atoms with E-state index in [-0.39, 0.29) is 6.10 Å². The van der Waals surface area contributed by atoms with E-state index >= 15 is 0 Å². The van der Waals surface area contributed by atoms with Crippen LogP contribution in [-0.2, 0) is 11.2 Å². The predicted octanol–water partition coefficient (Wildman–Crippen LogP) is 2.12. The molecule has 0 radical (unpaired) electrons. The first-order valence-electron chi connectivity index (χ1n) is 7.73. The van der Waals surface area contributed by atoms with Crippen LogP contribution >= 0.6 is 0 Å². The Morgan fingerprint density at radius 3 is 2.91 bits per heavy atom. The number of aromatic nitrogens is 3. The van der Waals surface area contributed by atoms with Crippen LogP contribution < -0.4 is 10.6 Å². The van der Waals surface area contributed by atoms with Crippen LogP contribution in [0, 0.1) is 0 Å². The Labute approximate surface area is 130 Å². The molecule has 1 aliphatic heterocycles. The minimum atomic E-state index is 0.262. The molecular weight excluding hydrogens is 278 g/mol. The van der Waals surface area contributed by atoms with Gasteiger partial charge in [0, 0.05) is 19.7 Å². The summed E-state index contributed by atoms with van der Waals surface area (Å²) >= 11 is 0. The lowest BCUT2D eigenvalue weighted by Crippen LogP contribution is -2.20. The number of nitrogens with one attached hydrogen (secondary N) is 2. The van der Waals surface area contributed by atoms with Gasteiger partial charge in [-0.1, -0.05) is 30.3 Å². The molecule has 3 rings (SSSR count). The molecule has 0 aliphatic carbocycles. The van der Waals surface area contributed by atoms with E-state index in [0.29, 0.717) is 5.95 Å². The van der Waals surface area contributed by atoms with Crippen molar-refractivity contribution in [2.75, 3.05) is 30.3 Å². The maximum absolute atomic E-state index is 5.56. The molecule has 1 aromatic heterocycles. The van der Waals surface area contributed by atoms with E-state index in [1.807, 2.05) is 6.07 Å². The van der Waals surface area contributed by atoms with Crippen molar-refractivity contribution in [3.05, 3.63) is 42.1 Å². The molecule has 1 saturated heterocycles. The quantitative estimate of drug-likeness (QED) is 0.816. The second-order valence-electron chi connectivity index (χ2n) is 5.34. The first kappa shape index (κ1) is 14.7. The first-order valence-corrected chi connectivity index (χ1v) is 7.73. The topological polar surface area (TPSA) is 72.0 Å². The van der Waals surface area contributed by atoms with Gasteiger partial charge in [0.05, 0.1) is 12.3 Å². The fourth-order valence-electron chi connectivity index (χ4n) is 2.45. The van der Waals surface area contributed by atoms with Gasteiger partial charge in [-0.2, -0.15) is 10.1 Å². The van der Waals surface area contributed by atoms with E-state index in [0.717, 1.165) is 44.8 Å². The largest absolute Gasteiger partial charge is 0.376 e. The van der Waals surface area contributed by atoms with E-state index in [1.165, 1.54) is 5.56 Å². The Morgan fingerprint density at radius 2 is 2.09 bits per heavy atom. The lowest BCUT2D eigenvalue weighted by Gasteiger charge is -2.11. The SMILES string of the molecule is c1ccc(CCNc2cnnc(NCC3CCCO3)n2)cc1. The summed E-state index contributed by atoms with van der Waals surface area (Å²) in [7, 11) is 0. The third-order valence-corrected chi connectivity index (χ3v) is 3.63. The molecule has 1 fully saturated rings. The standard InChI is InChI=1S/C16H21N5O/c1-2-5-13(6-3-1)8-9-17-15-12-19-21-16(20-15)18-11-14-7-4-10-22-14/h1-3,5-6,12,14H,4,7-11H2,(H2,17,18,20,21). The molecule has 0 spiro atoms. The molecule has 0 amide bonds. The fourth-order valence-corrected chi connectivity index (χ4v) is 2.45. The van der Waals surface area contributed by atoms with Crippen molar-refractivity contribution in [1.29, 1.82) is 0 Å². The summed E-state index contributed by atoms with van der Waals surface area (Å²) in [6, 6.07) is 10.4. The van der Waals surface area contributed by atoms with Crippen molar-refractivity contribution in [2.24, 2.45) is 0 Å². The number of ether oxygens (including phenoxy) is 1. The number of nitrogens with zero attached hydrogens (tertiary/aromatic N) is 3. The Balaban J connectivity index is 1.46. The number of hydrogen-bond donors (Lipinski definition) is 2. The number of hydrogen-bond acceptors (Lipinski definition) is 6. The van der Waals surface area contributed by atoms with E-state index in [2.05, 4.69) is 50.1 Å². The van der Waals surface area contributed by atoms with Crippen LogP contribution in [0.2, 0.25) is 0 Å². The van der Waals surface area contributed by atoms with Gasteiger partial charge in [0.1, 0.15) is 0 Å². The monoisotopic (exact) mass is 299 g/mol. The zero-order chi connectivity index (χ0) is 15.0. The van der Waals surface area contributed by atoms with Gasteiger partial charge in [0.25, 0.3) is 0 Å². The number of anilines is 2. The molecule has 6 heteroatoms. The third-order valence-electron chi connectivity index (χ3n) is 3.63. The smallest absolute Gasteiger partial charge is 0.244 e. The zero-order valence-corrected chi connectivity index (χ0v) is 12.5. The second-order valence-corrected chi connectivity index (χ2v) is 5.34. The average molecular weight is 299 g/mol. The molecule has 2 N–H and O–H groups in total. The number of rotatable bonds is 7. The molecular formula is C16H21N5O. The van der Waals surface area contributed by atoms with Crippen LogP contribution in [-0.4, -0.2) is 41.0 Å². The maximum atomic E-state index is 5.56. The highest BCUT2D eigenvalue weighted by molar-refractivity contribution is 5.37. The van der Waals surface area contributed by atoms with Crippen LogP contribution in [0.4, 0.5) is 11.8 Å². The molecule has 0 bridgehead atoms. The van der Waals surface area contributed by atoms with Gasteiger partial charge < -0.3 is 15.4 Å². The lowest BCUT2D eigenvalue weighted by molar-refractivity contribution is 0.120. The summed E-state index contributed by atoms with van der Waals surface area (Å²) in [5.74, 6) is 1.28. The van der Waals surface area contributed by atoms with Crippen molar-refractivity contribution in [3.63, 3.8) is 0 Å². The van der Waals surface area contributed by atoms with Crippen LogP contribution in [0.3, 0.4) is 0 Å². The van der Waals surface area contributed by atoms with Crippen LogP contribution in [0.5, 0.6) is 0 Å². The normalized spacial score (nSPS) is 17.4. The summed E-state index contributed by atoms with van der Waals surface area (Å²) in [6.07, 6.45) is 5.08. The Morgan fingerprint density at radius 1 is 1.18 bits per heavy atom. The summed E-state index contributed by atoms with van der Waals surface area (Å²) in [6.45, 7) is 2.40. The van der Waals surface area contributed by atoms with Crippen molar-refractivity contribution in [2.45, 2.75) is 25.4 Å². The lowest BCUT2D eigenvalue weighted by atomic mass is 10.1. The highest BCUT2D eigenvalue weighted by Crippen LogP contribution is 2.12. The summed E-state index contributed by atoms with van der Waals surface area (Å²) in [4.78, 5) is 4.41. The van der Waals surface area contributed by atoms with Crippen LogP contribution in [0.1, 0.15) is 18.4 Å². The van der Waals surface area contributed by atoms with E-state index in [1.54, 1.807) is 6.20 Å². The molecule has 2 heterocycles. The third kappa shape index (κ3) is 4.39. The van der Waals surface area contributed by atoms with Crippen LogP contribution in [0.15, 0.2) is 36.5 Å². The predicted molar refractivity (Wildman–Crippen MR) is 85.9 cm³/mol. The Hall–Kier alpha value is -2.21. The highest BCUT2D eigenvalue weighted by Gasteiger charge is 2.15. The van der Waals surface area contributed by atoms with E-state index in [4.69, 9.17) is 4.74 Å². The number of benzene rings is 1. The maximum Gasteiger partial charge on any atom is 0.244 e. The van der Waals surface area contributed by atoms with Gasteiger partial charge >= 0.3 is 0 Å². The minimum absolute atomic E-state index is 0.262. The van der Waals surface area contributed by atoms with Crippen molar-refractivity contribution in [1.82, 2.24) is 15.2 Å². The second kappa shape index (κ2) is 7.70. The summed E-state index contributed by atoms with van der Waals surface area (Å²) in [5, 5.41) is 14.4. The Kier molecular flexibility index (Phi) is 5.15. The van der Waals surface area contributed by atoms with E-state index in [9.17, 15) is 0 Å². The molecule has 0 saturated carbocycles. The van der Waals surface area contributed by atoms with Gasteiger partial charge in [0.15, 0.2) is 5.82 Å². The van der Waals surface area contributed by atoms with Crippen molar-refractivity contribution in [3.8, 4) is 0 Å². The molecule has 1 atom stereocenters. The van der Waals surface area contributed by atoms with Crippen LogP contribution in [0.25, 0.3) is 0 Å². The Bertz CT molecular complexity index is 572. The molecule has 6 nitrogen and oxygen atoms in total. The molecule has 1 unspecified atom stereocenters. The van der Waals surface area contributed by atoms with Crippen molar-refractivity contribution >= 4 is 11.8 Å². The first-order chi connectivity index (χ1) is 10.9. The summed E-state index contributed by atoms with van der Waals surface area (Å²) in [5.41, 5.74) is 1.30. The van der Waals surface area contributed by atoms with E-state index < -0.39 is 0 Å². The zero-order valence-electron chi connectivity index (χ0n) is 12.5.